The van der Waals surface area contributed by atoms with Crippen molar-refractivity contribution < 1.29 is 17.9 Å². The van der Waals surface area contributed by atoms with E-state index in [1.807, 2.05) is 0 Å². The van der Waals surface area contributed by atoms with Crippen molar-refractivity contribution in [3.63, 3.8) is 0 Å². The molecule has 0 aromatic heterocycles. The van der Waals surface area contributed by atoms with Crippen molar-refractivity contribution in [1.82, 2.24) is 5.32 Å². The van der Waals surface area contributed by atoms with Crippen molar-refractivity contribution in [3.8, 4) is 0 Å². The highest BCUT2D eigenvalue weighted by Crippen LogP contribution is 2.11. The van der Waals surface area contributed by atoms with Crippen LogP contribution in [0.1, 0.15) is 10.4 Å². The Hall–Kier alpha value is -1.60. The maximum absolute atomic E-state index is 11.7. The maximum atomic E-state index is 11.7. The Kier molecular flexibility index (Phi) is 5.11. The van der Waals surface area contributed by atoms with Crippen LogP contribution in [0.15, 0.2) is 24.3 Å². The maximum Gasteiger partial charge on any atom is 0.251 e. The molecule has 100 valence electrons. The predicted octanol–water partition coefficient (Wildman–Crippen LogP) is 0.434. The van der Waals surface area contributed by atoms with Gasteiger partial charge in [-0.15, -0.1) is 0 Å². The first-order chi connectivity index (χ1) is 8.42. The fraction of sp³-hybridized carbons (Fsp3) is 0.364. The first-order valence-electron chi connectivity index (χ1n) is 5.27. The molecule has 0 bridgehead atoms. The van der Waals surface area contributed by atoms with Crippen LogP contribution in [0.5, 0.6) is 0 Å². The summed E-state index contributed by atoms with van der Waals surface area (Å²) in [6.07, 6.45) is 1.05. The van der Waals surface area contributed by atoms with Gasteiger partial charge >= 0.3 is 0 Å². The second-order valence-corrected chi connectivity index (χ2v) is 5.45. The average molecular weight is 272 g/mol. The molecule has 18 heavy (non-hydrogen) atoms. The summed E-state index contributed by atoms with van der Waals surface area (Å²) in [5.41, 5.74) is 0.747. The fourth-order valence-electron chi connectivity index (χ4n) is 1.31. The molecule has 7 heteroatoms. The third-order valence-electron chi connectivity index (χ3n) is 2.02. The average Bonchev–Trinajstić information content (AvgIpc) is 2.27. The van der Waals surface area contributed by atoms with E-state index in [2.05, 4.69) is 10.0 Å². The number of sulfonamides is 1. The second-order valence-electron chi connectivity index (χ2n) is 3.70. The standard InChI is InChI=1S/C11H16N2O4S/c1-17-7-6-12-11(14)9-4-3-5-10(8-9)13-18(2,15)16/h3-5,8,13H,6-7H2,1-2H3,(H,12,14). The number of amides is 1. The largest absolute Gasteiger partial charge is 0.383 e. The highest BCUT2D eigenvalue weighted by molar-refractivity contribution is 7.92. The molecule has 0 atom stereocenters. The molecule has 1 aromatic rings. The summed E-state index contributed by atoms with van der Waals surface area (Å²) in [4.78, 5) is 11.7. The number of benzene rings is 1. The molecule has 0 fully saturated rings. The molecule has 1 aromatic carbocycles. The van der Waals surface area contributed by atoms with E-state index in [1.54, 1.807) is 25.3 Å². The first-order valence-corrected chi connectivity index (χ1v) is 7.16. The molecular formula is C11H16N2O4S. The number of hydrogen-bond donors (Lipinski definition) is 2. The Morgan fingerprint density at radius 3 is 2.72 bits per heavy atom. The molecule has 1 amide bonds. The van der Waals surface area contributed by atoms with Crippen molar-refractivity contribution in [2.24, 2.45) is 0 Å². The molecule has 0 saturated heterocycles. The summed E-state index contributed by atoms with van der Waals surface area (Å²) < 4.78 is 29.3. The zero-order valence-corrected chi connectivity index (χ0v) is 11.1. The molecule has 0 saturated carbocycles. The SMILES string of the molecule is COCCNC(=O)c1cccc(NS(C)(=O)=O)c1. The Labute approximate surface area is 106 Å². The van der Waals surface area contributed by atoms with Gasteiger partial charge < -0.3 is 10.1 Å². The van der Waals surface area contributed by atoms with Crippen molar-refractivity contribution >= 4 is 21.6 Å². The van der Waals surface area contributed by atoms with Crippen LogP contribution in [0.2, 0.25) is 0 Å². The summed E-state index contributed by atoms with van der Waals surface area (Å²) >= 11 is 0. The molecule has 0 spiro atoms. The number of ether oxygens (including phenoxy) is 1. The van der Waals surface area contributed by atoms with Gasteiger partial charge in [-0.05, 0) is 18.2 Å². The highest BCUT2D eigenvalue weighted by atomic mass is 32.2. The molecule has 0 radical (unpaired) electrons. The van der Waals surface area contributed by atoms with E-state index in [0.29, 0.717) is 24.4 Å². The molecule has 0 unspecified atom stereocenters. The van der Waals surface area contributed by atoms with Crippen molar-refractivity contribution in [2.45, 2.75) is 0 Å². The minimum Gasteiger partial charge on any atom is -0.383 e. The van der Waals surface area contributed by atoms with E-state index >= 15 is 0 Å². The quantitative estimate of drug-likeness (QED) is 0.736. The monoisotopic (exact) mass is 272 g/mol. The molecule has 0 aliphatic heterocycles. The Bertz CT molecular complexity index is 514. The van der Waals surface area contributed by atoms with Crippen LogP contribution in [0.3, 0.4) is 0 Å². The van der Waals surface area contributed by atoms with Crippen LogP contribution in [-0.2, 0) is 14.8 Å². The van der Waals surface area contributed by atoms with Crippen LogP contribution in [0.25, 0.3) is 0 Å². The Morgan fingerprint density at radius 2 is 2.11 bits per heavy atom. The second kappa shape index (κ2) is 6.36. The third-order valence-corrected chi connectivity index (χ3v) is 2.63. The van der Waals surface area contributed by atoms with Gasteiger partial charge in [0.2, 0.25) is 10.0 Å². The van der Waals surface area contributed by atoms with Crippen LogP contribution in [0, 0.1) is 0 Å². The van der Waals surface area contributed by atoms with Crippen molar-refractivity contribution in [2.75, 3.05) is 31.2 Å². The smallest absolute Gasteiger partial charge is 0.251 e. The normalized spacial score (nSPS) is 11.0. The van der Waals surface area contributed by atoms with Gasteiger partial charge in [0.15, 0.2) is 0 Å². The molecular weight excluding hydrogens is 256 g/mol. The Balaban J connectivity index is 2.72. The van der Waals surface area contributed by atoms with Crippen molar-refractivity contribution in [1.29, 1.82) is 0 Å². The third kappa shape index (κ3) is 5.15. The molecule has 0 heterocycles. The molecule has 0 aliphatic carbocycles. The van der Waals surface area contributed by atoms with Crippen LogP contribution in [0.4, 0.5) is 5.69 Å². The lowest BCUT2D eigenvalue weighted by Gasteiger charge is -2.07. The van der Waals surface area contributed by atoms with Gasteiger partial charge in [-0.2, -0.15) is 0 Å². The zero-order chi connectivity index (χ0) is 13.6. The van der Waals surface area contributed by atoms with E-state index in [9.17, 15) is 13.2 Å². The van der Waals surface area contributed by atoms with Gasteiger partial charge in [0.25, 0.3) is 5.91 Å². The topological polar surface area (TPSA) is 84.5 Å². The number of anilines is 1. The molecule has 6 nitrogen and oxygen atoms in total. The number of carbonyl (C=O) groups is 1. The summed E-state index contributed by atoms with van der Waals surface area (Å²) in [6.45, 7) is 0.825. The summed E-state index contributed by atoms with van der Waals surface area (Å²) in [5, 5.41) is 2.65. The lowest BCUT2D eigenvalue weighted by Crippen LogP contribution is -2.27. The van der Waals surface area contributed by atoms with E-state index in [1.165, 1.54) is 6.07 Å². The van der Waals surface area contributed by atoms with Gasteiger partial charge in [0.1, 0.15) is 0 Å². The van der Waals surface area contributed by atoms with E-state index in [0.717, 1.165) is 6.26 Å². The summed E-state index contributed by atoms with van der Waals surface area (Å²) in [7, 11) is -1.80. The van der Waals surface area contributed by atoms with E-state index in [4.69, 9.17) is 4.74 Å². The predicted molar refractivity (Wildman–Crippen MR) is 69.1 cm³/mol. The first kappa shape index (κ1) is 14.5. The van der Waals surface area contributed by atoms with Gasteiger partial charge in [0, 0.05) is 24.9 Å². The van der Waals surface area contributed by atoms with E-state index in [-0.39, 0.29) is 5.91 Å². The number of rotatable bonds is 6. The van der Waals surface area contributed by atoms with Crippen LogP contribution < -0.4 is 10.0 Å². The number of hydrogen-bond acceptors (Lipinski definition) is 4. The molecule has 1 rings (SSSR count). The lowest BCUT2D eigenvalue weighted by atomic mass is 10.2. The van der Waals surface area contributed by atoms with Crippen LogP contribution in [-0.4, -0.2) is 40.8 Å². The van der Waals surface area contributed by atoms with Gasteiger partial charge in [-0.1, -0.05) is 6.07 Å². The molecule has 2 N–H and O–H groups in total. The summed E-state index contributed by atoms with van der Waals surface area (Å²) in [5.74, 6) is -0.274. The van der Waals surface area contributed by atoms with Gasteiger partial charge in [0.05, 0.1) is 12.9 Å². The minimum absolute atomic E-state index is 0.274. The van der Waals surface area contributed by atoms with Gasteiger partial charge in [-0.25, -0.2) is 8.42 Å². The number of carbonyl (C=O) groups excluding carboxylic acids is 1. The number of nitrogens with one attached hydrogen (secondary N) is 2. The highest BCUT2D eigenvalue weighted by Gasteiger charge is 2.07. The van der Waals surface area contributed by atoms with Crippen LogP contribution >= 0.6 is 0 Å². The summed E-state index contributed by atoms with van der Waals surface area (Å²) in [6, 6.07) is 6.27. The fourth-order valence-corrected chi connectivity index (χ4v) is 1.86. The van der Waals surface area contributed by atoms with E-state index < -0.39 is 10.0 Å². The van der Waals surface area contributed by atoms with Gasteiger partial charge in [-0.3, -0.25) is 9.52 Å². The minimum atomic E-state index is -3.34. The Morgan fingerprint density at radius 1 is 1.39 bits per heavy atom. The zero-order valence-electron chi connectivity index (χ0n) is 10.3. The lowest BCUT2D eigenvalue weighted by molar-refractivity contribution is 0.0937. The van der Waals surface area contributed by atoms with Crippen molar-refractivity contribution in [3.05, 3.63) is 29.8 Å². The molecule has 0 aliphatic rings. The number of methoxy groups -OCH3 is 1.